The quantitative estimate of drug-likeness (QED) is 0.489. The van der Waals surface area contributed by atoms with Crippen LogP contribution in [0.25, 0.3) is 5.57 Å². The van der Waals surface area contributed by atoms with Crippen molar-refractivity contribution in [3.8, 4) is 0 Å². The normalized spacial score (nSPS) is 14.2. The van der Waals surface area contributed by atoms with Gasteiger partial charge < -0.3 is 4.42 Å². The van der Waals surface area contributed by atoms with Gasteiger partial charge in [-0.1, -0.05) is 47.5 Å². The van der Waals surface area contributed by atoms with E-state index < -0.39 is 0 Å². The van der Waals surface area contributed by atoms with Gasteiger partial charge in [-0.05, 0) is 49.2 Å². The maximum absolute atomic E-state index is 13.3. The fraction of sp³-hybridized carbons (Fsp3) is 0.130. The molecule has 2 amide bonds. The second kappa shape index (κ2) is 7.93. The van der Waals surface area contributed by atoms with Gasteiger partial charge in [-0.2, -0.15) is 0 Å². The van der Waals surface area contributed by atoms with Gasteiger partial charge in [-0.3, -0.25) is 9.59 Å². The molecule has 4 nitrogen and oxygen atoms in total. The third-order valence-electron chi connectivity index (χ3n) is 4.73. The molecule has 4 rings (SSSR count). The van der Waals surface area contributed by atoms with Gasteiger partial charge in [0.1, 0.15) is 5.76 Å². The Morgan fingerprint density at radius 2 is 1.76 bits per heavy atom. The number of imide groups is 1. The topological polar surface area (TPSA) is 50.5 Å². The van der Waals surface area contributed by atoms with Crippen LogP contribution in [0.15, 0.2) is 70.2 Å². The molecule has 6 heteroatoms. The summed E-state index contributed by atoms with van der Waals surface area (Å²) >= 11 is 7.55. The number of aryl methyl sites for hydroxylation is 2. The Labute approximate surface area is 178 Å². The second-order valence-corrected chi connectivity index (χ2v) is 8.21. The van der Waals surface area contributed by atoms with Crippen molar-refractivity contribution in [2.45, 2.75) is 19.6 Å². The van der Waals surface area contributed by atoms with E-state index in [-0.39, 0.29) is 11.8 Å². The summed E-state index contributed by atoms with van der Waals surface area (Å²) in [7, 11) is 0. The molecule has 0 atom stereocenters. The number of halogens is 1. The van der Waals surface area contributed by atoms with Gasteiger partial charge in [-0.15, -0.1) is 11.8 Å². The first kappa shape index (κ1) is 19.6. The molecule has 3 aromatic rings. The largest absolute Gasteiger partial charge is 0.468 e. The van der Waals surface area contributed by atoms with Gasteiger partial charge in [0.25, 0.3) is 11.8 Å². The van der Waals surface area contributed by atoms with E-state index in [0.29, 0.717) is 26.9 Å². The number of nitrogens with zero attached hydrogens (tertiary/aromatic N) is 1. The van der Waals surface area contributed by atoms with E-state index in [1.54, 1.807) is 30.5 Å². The van der Waals surface area contributed by atoms with Crippen molar-refractivity contribution in [2.75, 3.05) is 4.90 Å². The third kappa shape index (κ3) is 3.76. The van der Waals surface area contributed by atoms with Crippen molar-refractivity contribution in [3.05, 3.63) is 93.2 Å². The van der Waals surface area contributed by atoms with E-state index in [2.05, 4.69) is 0 Å². The number of amides is 2. The Morgan fingerprint density at radius 1 is 1.00 bits per heavy atom. The van der Waals surface area contributed by atoms with E-state index in [9.17, 15) is 9.59 Å². The molecule has 0 saturated carbocycles. The zero-order valence-electron chi connectivity index (χ0n) is 15.9. The van der Waals surface area contributed by atoms with Gasteiger partial charge in [-0.25, -0.2) is 4.90 Å². The molecule has 0 N–H and O–H groups in total. The predicted molar refractivity (Wildman–Crippen MR) is 117 cm³/mol. The highest BCUT2D eigenvalue weighted by molar-refractivity contribution is 8.03. The predicted octanol–water partition coefficient (Wildman–Crippen LogP) is 5.77. The molecule has 0 bridgehead atoms. The lowest BCUT2D eigenvalue weighted by Gasteiger charge is -2.16. The zero-order valence-corrected chi connectivity index (χ0v) is 17.5. The monoisotopic (exact) mass is 423 g/mol. The molecule has 0 aliphatic carbocycles. The van der Waals surface area contributed by atoms with Gasteiger partial charge in [0.2, 0.25) is 0 Å². The minimum atomic E-state index is -0.347. The van der Waals surface area contributed by atoms with Crippen LogP contribution in [0, 0.1) is 13.8 Å². The molecule has 0 spiro atoms. The minimum Gasteiger partial charge on any atom is -0.468 e. The molecule has 0 saturated heterocycles. The van der Waals surface area contributed by atoms with Crippen LogP contribution < -0.4 is 4.90 Å². The highest BCUT2D eigenvalue weighted by atomic mass is 35.5. The molecule has 0 unspecified atom stereocenters. The molecular weight excluding hydrogens is 406 g/mol. The Bertz CT molecular complexity index is 1120. The van der Waals surface area contributed by atoms with E-state index in [0.717, 1.165) is 22.5 Å². The first-order valence-electron chi connectivity index (χ1n) is 9.07. The average Bonchev–Trinajstić information content (AvgIpc) is 3.30. The van der Waals surface area contributed by atoms with Crippen molar-refractivity contribution in [1.29, 1.82) is 0 Å². The lowest BCUT2D eigenvalue weighted by Crippen LogP contribution is -2.31. The molecule has 146 valence electrons. The van der Waals surface area contributed by atoms with Crippen molar-refractivity contribution in [3.63, 3.8) is 0 Å². The second-order valence-electron chi connectivity index (χ2n) is 6.82. The number of hydrogen-bond donors (Lipinski definition) is 0. The number of rotatable bonds is 5. The lowest BCUT2D eigenvalue weighted by atomic mass is 10.0. The summed E-state index contributed by atoms with van der Waals surface area (Å²) < 4.78 is 5.38. The molecule has 2 aromatic carbocycles. The van der Waals surface area contributed by atoms with Gasteiger partial charge in [0.05, 0.1) is 28.2 Å². The number of hydrogen-bond acceptors (Lipinski definition) is 4. The Morgan fingerprint density at radius 3 is 2.41 bits per heavy atom. The van der Waals surface area contributed by atoms with Crippen LogP contribution >= 0.6 is 23.4 Å². The highest BCUT2D eigenvalue weighted by Gasteiger charge is 2.40. The summed E-state index contributed by atoms with van der Waals surface area (Å²) in [4.78, 5) is 28.2. The summed E-state index contributed by atoms with van der Waals surface area (Å²) in [5, 5.41) is 0.511. The number of carbonyl (C=O) groups excluding carboxylic acids is 2. The van der Waals surface area contributed by atoms with E-state index in [1.807, 2.05) is 44.2 Å². The van der Waals surface area contributed by atoms with Crippen molar-refractivity contribution in [1.82, 2.24) is 0 Å². The summed E-state index contributed by atoms with van der Waals surface area (Å²) in [6.07, 6.45) is 1.59. The molecule has 1 aliphatic rings. The summed E-state index contributed by atoms with van der Waals surface area (Å²) in [6, 6.07) is 16.4. The van der Waals surface area contributed by atoms with Crippen LogP contribution in [0.5, 0.6) is 0 Å². The van der Waals surface area contributed by atoms with Crippen LogP contribution in [0.4, 0.5) is 5.69 Å². The van der Waals surface area contributed by atoms with Crippen LogP contribution in [-0.4, -0.2) is 11.8 Å². The summed E-state index contributed by atoms with van der Waals surface area (Å²) in [5.74, 6) is 0.504. The number of thioether (sulfide) groups is 1. The molecule has 1 aliphatic heterocycles. The standard InChI is InChI=1S/C23H18ClNO3S/c1-14-5-8-16(9-6-14)20-21(29-13-18-4-3-11-28-18)23(27)25(22(20)26)17-10-7-15(2)19(24)12-17/h3-12H,13H2,1-2H3. The lowest BCUT2D eigenvalue weighted by molar-refractivity contribution is -0.119. The number of furan rings is 1. The van der Waals surface area contributed by atoms with Gasteiger partial charge in [0, 0.05) is 5.02 Å². The smallest absolute Gasteiger partial charge is 0.272 e. The maximum Gasteiger partial charge on any atom is 0.272 e. The molecular formula is C23H18ClNO3S. The fourth-order valence-corrected chi connectivity index (χ4v) is 4.30. The minimum absolute atomic E-state index is 0.345. The Balaban J connectivity index is 1.76. The Hall–Kier alpha value is -2.76. The third-order valence-corrected chi connectivity index (χ3v) is 6.24. The van der Waals surface area contributed by atoms with Gasteiger partial charge in [0.15, 0.2) is 0 Å². The summed E-state index contributed by atoms with van der Waals surface area (Å²) in [5.41, 5.74) is 3.56. The van der Waals surface area contributed by atoms with Crippen molar-refractivity contribution >= 4 is 46.4 Å². The molecule has 0 radical (unpaired) electrons. The number of benzene rings is 2. The maximum atomic E-state index is 13.3. The van der Waals surface area contributed by atoms with E-state index >= 15 is 0 Å². The van der Waals surface area contributed by atoms with Crippen LogP contribution in [0.2, 0.25) is 5.02 Å². The van der Waals surface area contributed by atoms with Crippen molar-refractivity contribution in [2.24, 2.45) is 0 Å². The van der Waals surface area contributed by atoms with Crippen LogP contribution in [0.3, 0.4) is 0 Å². The van der Waals surface area contributed by atoms with Crippen LogP contribution in [-0.2, 0) is 15.3 Å². The number of anilines is 1. The van der Waals surface area contributed by atoms with Crippen LogP contribution in [0.1, 0.15) is 22.5 Å². The van der Waals surface area contributed by atoms with Gasteiger partial charge >= 0.3 is 0 Å². The van der Waals surface area contributed by atoms with E-state index in [4.69, 9.17) is 16.0 Å². The molecule has 2 heterocycles. The Kier molecular flexibility index (Phi) is 5.35. The van der Waals surface area contributed by atoms with Crippen molar-refractivity contribution < 1.29 is 14.0 Å². The van der Waals surface area contributed by atoms with E-state index in [1.165, 1.54) is 16.7 Å². The highest BCUT2D eigenvalue weighted by Crippen LogP contribution is 2.40. The summed E-state index contributed by atoms with van der Waals surface area (Å²) in [6.45, 7) is 3.85. The molecule has 0 fully saturated rings. The first-order valence-corrected chi connectivity index (χ1v) is 10.4. The zero-order chi connectivity index (χ0) is 20.5. The molecule has 29 heavy (non-hydrogen) atoms. The fourth-order valence-electron chi connectivity index (χ4n) is 3.11. The first-order chi connectivity index (χ1) is 14.0. The number of carbonyl (C=O) groups is 2. The molecule has 1 aromatic heterocycles. The SMILES string of the molecule is Cc1ccc(C2=C(SCc3ccco3)C(=O)N(c3ccc(C)c(Cl)c3)C2=O)cc1. The average molecular weight is 424 g/mol.